The molecule has 0 spiro atoms. The summed E-state index contributed by atoms with van der Waals surface area (Å²) in [6.45, 7) is 1.14. The number of aliphatic hydroxyl groups excluding tert-OH is 1. The Bertz CT molecular complexity index is 1110. The number of benzene rings is 1. The summed E-state index contributed by atoms with van der Waals surface area (Å²) in [5.41, 5.74) is 0.597. The lowest BCUT2D eigenvalue weighted by Crippen LogP contribution is -2.36. The van der Waals surface area contributed by atoms with E-state index in [1.165, 1.54) is 12.3 Å². The van der Waals surface area contributed by atoms with Gasteiger partial charge in [0.15, 0.2) is 5.82 Å². The van der Waals surface area contributed by atoms with Gasteiger partial charge in [0.25, 0.3) is 5.69 Å². The molecule has 2 aromatic heterocycles. The molecule has 1 unspecified atom stereocenters. The standard InChI is InChI=1S/C21H24N6O4/c1-24-11-7-22-20(24)18(28)14-5-9-26(10-6-14)16-4-3-15(13-17(16)27(30)31)19(29)21-23-8-12-25(21)2/h3-4,7-8,11-14,18,28H,5-6,9-10H2,1-2H3. The third kappa shape index (κ3) is 3.93. The lowest BCUT2D eigenvalue weighted by atomic mass is 9.90. The molecule has 0 radical (unpaired) electrons. The first-order valence-electron chi connectivity index (χ1n) is 10.1. The number of carbonyl (C=O) groups excluding carboxylic acids is 1. The Labute approximate surface area is 178 Å². The molecule has 3 heterocycles. The molecule has 31 heavy (non-hydrogen) atoms. The third-order valence-corrected chi connectivity index (χ3v) is 5.91. The van der Waals surface area contributed by atoms with E-state index in [0.29, 0.717) is 37.4 Å². The Kier molecular flexibility index (Phi) is 5.55. The van der Waals surface area contributed by atoms with Gasteiger partial charge in [-0.1, -0.05) is 0 Å². The van der Waals surface area contributed by atoms with E-state index < -0.39 is 11.0 Å². The zero-order chi connectivity index (χ0) is 22.1. The van der Waals surface area contributed by atoms with Crippen LogP contribution in [-0.4, -0.2) is 48.0 Å². The van der Waals surface area contributed by atoms with E-state index in [0.717, 1.165) is 0 Å². The van der Waals surface area contributed by atoms with Crippen LogP contribution in [-0.2, 0) is 14.1 Å². The summed E-state index contributed by atoms with van der Waals surface area (Å²) in [6, 6.07) is 4.55. The van der Waals surface area contributed by atoms with Gasteiger partial charge < -0.3 is 19.1 Å². The first kappa shape index (κ1) is 20.7. The number of carbonyl (C=O) groups is 1. The molecular weight excluding hydrogens is 400 g/mol. The van der Waals surface area contributed by atoms with Crippen LogP contribution < -0.4 is 4.90 Å². The van der Waals surface area contributed by atoms with Crippen molar-refractivity contribution in [1.82, 2.24) is 19.1 Å². The number of hydrogen-bond acceptors (Lipinski definition) is 7. The quantitative estimate of drug-likeness (QED) is 0.366. The van der Waals surface area contributed by atoms with Crippen LogP contribution in [0.5, 0.6) is 0 Å². The molecule has 1 fully saturated rings. The predicted molar refractivity (Wildman–Crippen MR) is 113 cm³/mol. The van der Waals surface area contributed by atoms with E-state index in [1.54, 1.807) is 46.9 Å². The van der Waals surface area contributed by atoms with Crippen LogP contribution in [0.25, 0.3) is 0 Å². The second kappa shape index (κ2) is 8.31. The fourth-order valence-corrected chi connectivity index (χ4v) is 4.12. The van der Waals surface area contributed by atoms with Crippen molar-refractivity contribution in [2.24, 2.45) is 20.0 Å². The number of aryl methyl sites for hydroxylation is 2. The highest BCUT2D eigenvalue weighted by Gasteiger charge is 2.31. The van der Waals surface area contributed by atoms with Crippen LogP contribution in [0.4, 0.5) is 11.4 Å². The number of aliphatic hydroxyl groups is 1. The van der Waals surface area contributed by atoms with Gasteiger partial charge in [0.05, 0.1) is 4.92 Å². The van der Waals surface area contributed by atoms with E-state index >= 15 is 0 Å². The number of piperidine rings is 1. The number of nitro benzene ring substituents is 1. The molecule has 10 heteroatoms. The Morgan fingerprint density at radius 3 is 2.42 bits per heavy atom. The molecule has 162 valence electrons. The lowest BCUT2D eigenvalue weighted by Gasteiger charge is -2.35. The zero-order valence-corrected chi connectivity index (χ0v) is 17.4. The minimum Gasteiger partial charge on any atom is -0.385 e. The number of rotatable bonds is 6. The third-order valence-electron chi connectivity index (χ3n) is 5.91. The maximum absolute atomic E-state index is 12.7. The summed E-state index contributed by atoms with van der Waals surface area (Å²) < 4.78 is 3.39. The number of nitrogens with zero attached hydrogens (tertiary/aromatic N) is 6. The van der Waals surface area contributed by atoms with Gasteiger partial charge in [-0.25, -0.2) is 9.97 Å². The van der Waals surface area contributed by atoms with Crippen molar-refractivity contribution in [3.05, 3.63) is 70.3 Å². The lowest BCUT2D eigenvalue weighted by molar-refractivity contribution is -0.384. The van der Waals surface area contributed by atoms with Crippen LogP contribution in [0, 0.1) is 16.0 Å². The number of nitro groups is 1. The van der Waals surface area contributed by atoms with E-state index in [2.05, 4.69) is 9.97 Å². The number of ketones is 1. The van der Waals surface area contributed by atoms with Crippen LogP contribution in [0.2, 0.25) is 0 Å². The van der Waals surface area contributed by atoms with Crippen LogP contribution in [0.1, 0.15) is 41.0 Å². The number of hydrogen-bond donors (Lipinski definition) is 1. The number of anilines is 1. The fourth-order valence-electron chi connectivity index (χ4n) is 4.12. The van der Waals surface area contributed by atoms with Crippen molar-refractivity contribution < 1.29 is 14.8 Å². The largest absolute Gasteiger partial charge is 0.385 e. The Balaban J connectivity index is 1.52. The highest BCUT2D eigenvalue weighted by atomic mass is 16.6. The molecule has 0 amide bonds. The van der Waals surface area contributed by atoms with Crippen LogP contribution >= 0.6 is 0 Å². The Morgan fingerprint density at radius 1 is 1.16 bits per heavy atom. The van der Waals surface area contributed by atoms with E-state index in [1.807, 2.05) is 11.9 Å². The van der Waals surface area contributed by atoms with Gasteiger partial charge in [0.2, 0.25) is 5.78 Å². The summed E-state index contributed by atoms with van der Waals surface area (Å²) in [7, 11) is 3.55. The number of imidazole rings is 2. The molecule has 1 atom stereocenters. The molecule has 0 saturated carbocycles. The molecule has 1 aliphatic rings. The fraction of sp³-hybridized carbons (Fsp3) is 0.381. The second-order valence-corrected chi connectivity index (χ2v) is 7.82. The average molecular weight is 424 g/mol. The molecule has 3 aromatic rings. The molecule has 0 aliphatic carbocycles. The predicted octanol–water partition coefficient (Wildman–Crippen LogP) is 2.24. The van der Waals surface area contributed by atoms with Crippen molar-refractivity contribution in [3.8, 4) is 0 Å². The SMILES string of the molecule is Cn1ccnc1C(=O)c1ccc(N2CCC(C(O)c3nccn3C)CC2)c([N+](=O)[O-])c1. The summed E-state index contributed by atoms with van der Waals surface area (Å²) in [6.07, 6.45) is 7.31. The molecule has 1 aliphatic heterocycles. The normalized spacial score (nSPS) is 15.8. The maximum Gasteiger partial charge on any atom is 0.293 e. The van der Waals surface area contributed by atoms with Gasteiger partial charge in [-0.15, -0.1) is 0 Å². The molecule has 1 aromatic carbocycles. The second-order valence-electron chi connectivity index (χ2n) is 7.82. The topological polar surface area (TPSA) is 119 Å². The first-order chi connectivity index (χ1) is 14.9. The summed E-state index contributed by atoms with van der Waals surface area (Å²) in [4.78, 5) is 34.2. The van der Waals surface area contributed by atoms with Crippen LogP contribution in [0.15, 0.2) is 43.0 Å². The molecule has 10 nitrogen and oxygen atoms in total. The van der Waals surface area contributed by atoms with Gasteiger partial charge in [0, 0.05) is 63.6 Å². The van der Waals surface area contributed by atoms with Crippen molar-refractivity contribution in [1.29, 1.82) is 0 Å². The molecular formula is C21H24N6O4. The molecule has 1 saturated heterocycles. The van der Waals surface area contributed by atoms with Crippen molar-refractivity contribution in [3.63, 3.8) is 0 Å². The van der Waals surface area contributed by atoms with Gasteiger partial charge in [0.1, 0.15) is 17.6 Å². The highest BCUT2D eigenvalue weighted by molar-refractivity contribution is 6.07. The van der Waals surface area contributed by atoms with E-state index in [4.69, 9.17) is 0 Å². The highest BCUT2D eigenvalue weighted by Crippen LogP contribution is 2.36. The molecule has 4 rings (SSSR count). The van der Waals surface area contributed by atoms with Crippen molar-refractivity contribution in [2.75, 3.05) is 18.0 Å². The Hall–Kier alpha value is -3.53. The van der Waals surface area contributed by atoms with Gasteiger partial charge in [-0.2, -0.15) is 0 Å². The molecule has 0 bridgehead atoms. The smallest absolute Gasteiger partial charge is 0.293 e. The van der Waals surface area contributed by atoms with Crippen molar-refractivity contribution >= 4 is 17.2 Å². The number of aromatic nitrogens is 4. The minimum atomic E-state index is -0.671. The summed E-state index contributed by atoms with van der Waals surface area (Å²) in [5.74, 6) is 0.521. The minimum absolute atomic E-state index is 0.0284. The first-order valence-corrected chi connectivity index (χ1v) is 10.1. The zero-order valence-electron chi connectivity index (χ0n) is 17.4. The summed E-state index contributed by atoms with van der Waals surface area (Å²) in [5, 5.41) is 22.4. The average Bonchev–Trinajstić information content (AvgIpc) is 3.40. The van der Waals surface area contributed by atoms with Crippen LogP contribution in [0.3, 0.4) is 0 Å². The van der Waals surface area contributed by atoms with Gasteiger partial charge in [-0.05, 0) is 30.9 Å². The molecule has 1 N–H and O–H groups in total. The van der Waals surface area contributed by atoms with E-state index in [-0.39, 0.29) is 28.8 Å². The van der Waals surface area contributed by atoms with Crippen molar-refractivity contribution in [2.45, 2.75) is 18.9 Å². The van der Waals surface area contributed by atoms with Gasteiger partial charge >= 0.3 is 0 Å². The Morgan fingerprint density at radius 2 is 1.84 bits per heavy atom. The monoisotopic (exact) mass is 424 g/mol. The summed E-state index contributed by atoms with van der Waals surface area (Å²) >= 11 is 0. The van der Waals surface area contributed by atoms with E-state index in [9.17, 15) is 20.0 Å². The maximum atomic E-state index is 12.7. The van der Waals surface area contributed by atoms with Gasteiger partial charge in [-0.3, -0.25) is 14.9 Å².